The molecule has 1 fully saturated rings. The van der Waals surface area contributed by atoms with Gasteiger partial charge in [0, 0.05) is 30.5 Å². The van der Waals surface area contributed by atoms with Crippen molar-refractivity contribution >= 4 is 45.1 Å². The van der Waals surface area contributed by atoms with Crippen molar-refractivity contribution < 1.29 is 15.3 Å². The molecule has 11 heteroatoms. The van der Waals surface area contributed by atoms with Crippen molar-refractivity contribution in [3.63, 3.8) is 0 Å². The van der Waals surface area contributed by atoms with Crippen LogP contribution in [0.4, 0.5) is 11.8 Å². The largest absolute Gasteiger partial charge is 0.396 e. The highest BCUT2D eigenvalue weighted by molar-refractivity contribution is 8.03. The second-order valence-corrected chi connectivity index (χ2v) is 12.7. The van der Waals surface area contributed by atoms with Crippen LogP contribution >= 0.6 is 23.1 Å². The van der Waals surface area contributed by atoms with Gasteiger partial charge in [0.2, 0.25) is 5.95 Å². The Hall–Kier alpha value is -2.31. The van der Waals surface area contributed by atoms with Gasteiger partial charge in [0.05, 0.1) is 33.8 Å². The predicted octanol–water partition coefficient (Wildman–Crippen LogP) is 3.74. The number of aliphatic hydroxyl groups excluding tert-OH is 3. The van der Waals surface area contributed by atoms with Crippen molar-refractivity contribution in [2.75, 3.05) is 23.8 Å². The van der Waals surface area contributed by atoms with Crippen molar-refractivity contribution in [3.05, 3.63) is 35.1 Å². The number of allylic oxidation sites excluding steroid dienone is 1. The zero-order valence-corrected chi connectivity index (χ0v) is 23.1. The predicted molar refractivity (Wildman–Crippen MR) is 150 cm³/mol. The van der Waals surface area contributed by atoms with Gasteiger partial charge < -0.3 is 26.0 Å². The molecule has 1 saturated carbocycles. The van der Waals surface area contributed by atoms with E-state index in [-0.39, 0.29) is 12.0 Å². The molecule has 4 heterocycles. The Morgan fingerprint density at radius 1 is 1.11 bits per heavy atom. The highest BCUT2D eigenvalue weighted by atomic mass is 32.2. The molecule has 2 aliphatic rings. The third-order valence-corrected chi connectivity index (χ3v) is 9.96. The normalized spacial score (nSPS) is 25.8. The first-order valence-electron chi connectivity index (χ1n) is 12.6. The zero-order chi connectivity index (χ0) is 26.3. The van der Waals surface area contributed by atoms with Gasteiger partial charge in [-0.15, -0.1) is 23.1 Å². The number of thioether (sulfide) groups is 1. The number of nitrogens with one attached hydrogen (secondary N) is 2. The van der Waals surface area contributed by atoms with Gasteiger partial charge in [-0.3, -0.25) is 4.98 Å². The average molecular weight is 543 g/mol. The second-order valence-electron chi connectivity index (χ2n) is 10.6. The van der Waals surface area contributed by atoms with E-state index in [2.05, 4.69) is 40.9 Å². The van der Waals surface area contributed by atoms with E-state index in [0.717, 1.165) is 38.6 Å². The van der Waals surface area contributed by atoms with Crippen molar-refractivity contribution in [2.45, 2.75) is 64.0 Å². The molecule has 0 aromatic carbocycles. The van der Waals surface area contributed by atoms with Crippen molar-refractivity contribution in [1.29, 1.82) is 0 Å². The van der Waals surface area contributed by atoms with Crippen molar-refractivity contribution in [1.82, 2.24) is 19.9 Å². The van der Waals surface area contributed by atoms with E-state index >= 15 is 0 Å². The summed E-state index contributed by atoms with van der Waals surface area (Å²) < 4.78 is 1.02. The van der Waals surface area contributed by atoms with Gasteiger partial charge >= 0.3 is 0 Å². The Balaban J connectivity index is 1.50. The zero-order valence-electron chi connectivity index (χ0n) is 21.5. The van der Waals surface area contributed by atoms with Crippen molar-refractivity contribution in [2.24, 2.45) is 11.3 Å². The SMILES string of the molecule is Cc1nc(NCC(C)(C)C2CC=CS2)nc(N[C@@H]2C[C@H](CO)[C@@H](O)[C@H]2O)c1-c1nc2c(C)nccc2s1. The molecule has 1 aliphatic carbocycles. The standard InChI is InChI=1S/C26H34N6O3S2/c1-13-19(24-31-20-14(2)27-8-7-17(20)37-24)23(30-16-10-15(11-33)21(34)22(16)35)32-25(29-13)28-12-26(3,4)18-6-5-9-36-18/h5,7-9,15-16,18,21-22,33-35H,6,10-12H2,1-4H3,(H2,28,29,30,32)/t15-,16-,18?,21-,22+/m1/s1. The molecule has 0 saturated heterocycles. The van der Waals surface area contributed by atoms with Crippen LogP contribution < -0.4 is 10.6 Å². The van der Waals surface area contributed by atoms with E-state index in [9.17, 15) is 15.3 Å². The Bertz CT molecular complexity index is 1300. The monoisotopic (exact) mass is 542 g/mol. The number of rotatable bonds is 8. The van der Waals surface area contributed by atoms with E-state index in [0.29, 0.717) is 30.0 Å². The number of hydrogen-bond acceptors (Lipinski definition) is 11. The maximum Gasteiger partial charge on any atom is 0.224 e. The number of thiazole rings is 1. The minimum absolute atomic E-state index is 0.0232. The fourth-order valence-corrected chi connectivity index (χ4v) is 7.23. The number of aryl methyl sites for hydroxylation is 2. The Morgan fingerprint density at radius 3 is 2.59 bits per heavy atom. The summed E-state index contributed by atoms with van der Waals surface area (Å²) in [7, 11) is 0. The van der Waals surface area contributed by atoms with Gasteiger partial charge in [-0.2, -0.15) is 4.98 Å². The first-order chi connectivity index (χ1) is 17.7. The molecule has 3 aromatic rings. The fraction of sp³-hybridized carbons (Fsp3) is 0.538. The van der Waals surface area contributed by atoms with E-state index in [1.165, 1.54) is 0 Å². The van der Waals surface area contributed by atoms with Gasteiger partial charge in [-0.05, 0) is 43.6 Å². The van der Waals surface area contributed by atoms with Gasteiger partial charge in [0.1, 0.15) is 22.4 Å². The van der Waals surface area contributed by atoms with Crippen LogP contribution in [0.3, 0.4) is 0 Å². The molecule has 5 rings (SSSR count). The molecule has 37 heavy (non-hydrogen) atoms. The number of fused-ring (bicyclic) bond motifs is 1. The van der Waals surface area contributed by atoms with Crippen molar-refractivity contribution in [3.8, 4) is 10.6 Å². The summed E-state index contributed by atoms with van der Waals surface area (Å²) in [6, 6.07) is 1.48. The minimum Gasteiger partial charge on any atom is -0.396 e. The van der Waals surface area contributed by atoms with Gasteiger partial charge in [0.15, 0.2) is 0 Å². The highest BCUT2D eigenvalue weighted by Crippen LogP contribution is 2.40. The van der Waals surface area contributed by atoms with Crippen LogP contribution in [0.1, 0.15) is 38.1 Å². The molecular formula is C26H34N6O3S2. The lowest BCUT2D eigenvalue weighted by molar-refractivity contribution is 0.00446. The van der Waals surface area contributed by atoms with Gasteiger partial charge in [0.25, 0.3) is 0 Å². The molecule has 9 nitrogen and oxygen atoms in total. The van der Waals surface area contributed by atoms with E-state index in [4.69, 9.17) is 15.0 Å². The van der Waals surface area contributed by atoms with Crippen LogP contribution in [0, 0.1) is 25.2 Å². The topological polar surface area (TPSA) is 136 Å². The van der Waals surface area contributed by atoms with Gasteiger partial charge in [-0.25, -0.2) is 9.97 Å². The maximum absolute atomic E-state index is 10.7. The number of hydrogen-bond donors (Lipinski definition) is 5. The smallest absolute Gasteiger partial charge is 0.224 e. The molecule has 1 unspecified atom stereocenters. The molecule has 198 valence electrons. The summed E-state index contributed by atoms with van der Waals surface area (Å²) in [4.78, 5) is 18.9. The summed E-state index contributed by atoms with van der Waals surface area (Å²) in [6.07, 6.45) is 3.44. The molecule has 0 radical (unpaired) electrons. The quantitative estimate of drug-likeness (QED) is 0.286. The van der Waals surface area contributed by atoms with E-state index < -0.39 is 24.2 Å². The lowest BCUT2D eigenvalue weighted by Crippen LogP contribution is -2.36. The molecule has 1 aliphatic heterocycles. The summed E-state index contributed by atoms with van der Waals surface area (Å²) in [6.45, 7) is 8.87. The van der Waals surface area contributed by atoms with Crippen LogP contribution in [0.25, 0.3) is 20.8 Å². The first-order valence-corrected chi connectivity index (χ1v) is 14.3. The highest BCUT2D eigenvalue weighted by Gasteiger charge is 2.41. The molecule has 0 bridgehead atoms. The van der Waals surface area contributed by atoms with Crippen LogP contribution in [-0.4, -0.2) is 71.9 Å². The Labute approximate surface area is 224 Å². The number of aromatic nitrogens is 4. The third kappa shape index (κ3) is 5.20. The Morgan fingerprint density at radius 2 is 1.92 bits per heavy atom. The number of pyridine rings is 1. The number of aliphatic hydroxyl groups is 3. The average Bonchev–Trinajstić information content (AvgIpc) is 3.60. The van der Waals surface area contributed by atoms with Crippen LogP contribution in [0.2, 0.25) is 0 Å². The number of anilines is 2. The minimum atomic E-state index is -1.02. The fourth-order valence-electron chi connectivity index (χ4n) is 5.03. The molecule has 5 N–H and O–H groups in total. The van der Waals surface area contributed by atoms with Crippen LogP contribution in [-0.2, 0) is 0 Å². The lowest BCUT2D eigenvalue weighted by atomic mass is 9.87. The Kier molecular flexibility index (Phi) is 7.43. The first kappa shape index (κ1) is 26.3. The second kappa shape index (κ2) is 10.5. The summed E-state index contributed by atoms with van der Waals surface area (Å²) in [5.74, 6) is 0.647. The summed E-state index contributed by atoms with van der Waals surface area (Å²) >= 11 is 3.40. The van der Waals surface area contributed by atoms with E-state index in [1.54, 1.807) is 17.5 Å². The maximum atomic E-state index is 10.7. The van der Waals surface area contributed by atoms with Crippen LogP contribution in [0.5, 0.6) is 0 Å². The molecular weight excluding hydrogens is 508 g/mol. The van der Waals surface area contributed by atoms with Crippen LogP contribution in [0.15, 0.2) is 23.7 Å². The van der Waals surface area contributed by atoms with E-state index in [1.807, 2.05) is 31.7 Å². The van der Waals surface area contributed by atoms with Gasteiger partial charge in [-0.1, -0.05) is 19.9 Å². The molecule has 0 amide bonds. The number of nitrogens with zero attached hydrogens (tertiary/aromatic N) is 4. The molecule has 5 atom stereocenters. The third-order valence-electron chi connectivity index (χ3n) is 7.42. The molecule has 3 aromatic heterocycles. The molecule has 0 spiro atoms. The lowest BCUT2D eigenvalue weighted by Gasteiger charge is -2.31. The summed E-state index contributed by atoms with van der Waals surface area (Å²) in [5.41, 5.74) is 3.24. The summed E-state index contributed by atoms with van der Waals surface area (Å²) in [5, 5.41) is 40.9.